The summed E-state index contributed by atoms with van der Waals surface area (Å²) in [6, 6.07) is 11.1. The second-order valence-electron chi connectivity index (χ2n) is 5.77. The predicted octanol–water partition coefficient (Wildman–Crippen LogP) is 4.73. The molecule has 1 aromatic carbocycles. The Morgan fingerprint density at radius 1 is 1.17 bits per heavy atom. The molecule has 1 atom stereocenters. The van der Waals surface area contributed by atoms with E-state index in [1.54, 1.807) is 12.1 Å². The maximum absolute atomic E-state index is 12.4. The summed E-state index contributed by atoms with van der Waals surface area (Å²) in [5, 5.41) is 3.51. The van der Waals surface area contributed by atoms with Crippen LogP contribution in [0.25, 0.3) is 0 Å². The minimum absolute atomic E-state index is 0.0625. The van der Waals surface area contributed by atoms with Crippen LogP contribution in [0.4, 0.5) is 5.69 Å². The molecule has 0 saturated heterocycles. The molecule has 1 heterocycles. The molecular weight excluding hydrogens is 308 g/mol. The zero-order valence-corrected chi connectivity index (χ0v) is 14.7. The van der Waals surface area contributed by atoms with Crippen LogP contribution in [-0.2, 0) is 4.79 Å². The number of hydrogen-bond acceptors (Lipinski definition) is 1. The van der Waals surface area contributed by atoms with Crippen LogP contribution in [0.5, 0.6) is 0 Å². The molecule has 0 aliphatic carbocycles. The first-order valence-corrected chi connectivity index (χ1v) is 8.50. The van der Waals surface area contributed by atoms with E-state index in [0.717, 1.165) is 12.8 Å². The van der Waals surface area contributed by atoms with E-state index >= 15 is 0 Å². The number of hydrogen-bond donors (Lipinski definition) is 1. The Bertz CT molecular complexity index is 651. The van der Waals surface area contributed by atoms with Crippen molar-refractivity contribution < 1.29 is 9.36 Å². The molecule has 0 aliphatic heterocycles. The summed E-state index contributed by atoms with van der Waals surface area (Å²) in [4.78, 5) is 12.4. The van der Waals surface area contributed by atoms with Gasteiger partial charge in [-0.3, -0.25) is 4.79 Å². The van der Waals surface area contributed by atoms with E-state index in [4.69, 9.17) is 11.6 Å². The van der Waals surface area contributed by atoms with Gasteiger partial charge in [0.2, 0.25) is 6.04 Å². The number of amides is 1. The first kappa shape index (κ1) is 17.5. The average molecular weight is 332 g/mol. The number of carbonyl (C=O) groups excluding carboxylic acids is 1. The van der Waals surface area contributed by atoms with Crippen LogP contribution in [-0.4, -0.2) is 5.91 Å². The third-order valence-electron chi connectivity index (χ3n) is 4.25. The number of anilines is 1. The minimum atomic E-state index is -0.287. The minimum Gasteiger partial charge on any atom is -0.320 e. The quantitative estimate of drug-likeness (QED) is 0.762. The molecule has 1 N–H and O–H groups in total. The second-order valence-corrected chi connectivity index (χ2v) is 6.20. The van der Waals surface area contributed by atoms with Crippen LogP contribution in [0.15, 0.2) is 48.8 Å². The van der Waals surface area contributed by atoms with Crippen molar-refractivity contribution in [3.63, 3.8) is 0 Å². The topological polar surface area (TPSA) is 33.0 Å². The lowest BCUT2D eigenvalue weighted by Gasteiger charge is -2.13. The Balaban J connectivity index is 2.07. The largest absolute Gasteiger partial charge is 0.320 e. The predicted molar refractivity (Wildman–Crippen MR) is 94.8 cm³/mol. The third kappa shape index (κ3) is 4.55. The zero-order valence-electron chi connectivity index (χ0n) is 13.9. The van der Waals surface area contributed by atoms with Crippen molar-refractivity contribution in [3.05, 3.63) is 59.4 Å². The van der Waals surface area contributed by atoms with E-state index in [1.165, 1.54) is 5.56 Å². The van der Waals surface area contributed by atoms with Gasteiger partial charge in [0.05, 0.1) is 0 Å². The number of halogens is 1. The lowest BCUT2D eigenvalue weighted by atomic mass is 9.95. The van der Waals surface area contributed by atoms with E-state index in [2.05, 4.69) is 31.3 Å². The number of pyridine rings is 1. The van der Waals surface area contributed by atoms with E-state index in [9.17, 15) is 4.79 Å². The molecule has 0 spiro atoms. The van der Waals surface area contributed by atoms with Gasteiger partial charge in [0.15, 0.2) is 12.4 Å². The van der Waals surface area contributed by atoms with Crippen molar-refractivity contribution in [2.45, 2.75) is 45.6 Å². The van der Waals surface area contributed by atoms with Crippen molar-refractivity contribution in [2.75, 3.05) is 5.32 Å². The highest BCUT2D eigenvalue weighted by Crippen LogP contribution is 2.21. The van der Waals surface area contributed by atoms with Gasteiger partial charge in [-0.25, -0.2) is 0 Å². The Morgan fingerprint density at radius 2 is 1.83 bits per heavy atom. The standard InChI is InChI=1S/C19H23ClN2O/c1-4-15(5-2)16-9-11-22(12-10-16)14(3)19(23)21-18-8-6-7-17(20)13-18/h6-15H,4-5H2,1-3H3/p+1/t14-/m0/s1. The van der Waals surface area contributed by atoms with Crippen LogP contribution in [0.2, 0.25) is 5.02 Å². The fourth-order valence-electron chi connectivity index (χ4n) is 2.69. The van der Waals surface area contributed by atoms with Crippen LogP contribution < -0.4 is 9.88 Å². The highest BCUT2D eigenvalue weighted by atomic mass is 35.5. The number of nitrogens with zero attached hydrogens (tertiary/aromatic N) is 1. The Morgan fingerprint density at radius 3 is 2.39 bits per heavy atom. The molecule has 2 rings (SSSR count). The normalized spacial score (nSPS) is 12.2. The van der Waals surface area contributed by atoms with E-state index in [1.807, 2.05) is 36.0 Å². The smallest absolute Gasteiger partial charge is 0.293 e. The van der Waals surface area contributed by atoms with Crippen molar-refractivity contribution in [3.8, 4) is 0 Å². The molecule has 122 valence electrons. The first-order chi connectivity index (χ1) is 11.0. The van der Waals surface area contributed by atoms with Gasteiger partial charge < -0.3 is 5.32 Å². The molecule has 0 saturated carbocycles. The van der Waals surface area contributed by atoms with Gasteiger partial charge in [-0.1, -0.05) is 31.5 Å². The van der Waals surface area contributed by atoms with Gasteiger partial charge in [0, 0.05) is 29.8 Å². The monoisotopic (exact) mass is 331 g/mol. The Hall–Kier alpha value is -1.87. The lowest BCUT2D eigenvalue weighted by molar-refractivity contribution is -0.705. The summed E-state index contributed by atoms with van der Waals surface area (Å²) in [5.74, 6) is 0.521. The maximum Gasteiger partial charge on any atom is 0.293 e. The molecule has 0 radical (unpaired) electrons. The number of aromatic nitrogens is 1. The van der Waals surface area contributed by atoms with Gasteiger partial charge in [-0.15, -0.1) is 0 Å². The number of rotatable bonds is 6. The number of benzene rings is 1. The SMILES string of the molecule is CCC(CC)c1cc[n+]([C@@H](C)C(=O)Nc2cccc(Cl)c2)cc1. The van der Waals surface area contributed by atoms with Gasteiger partial charge in [-0.2, -0.15) is 4.57 Å². The van der Waals surface area contributed by atoms with Crippen LogP contribution in [0.3, 0.4) is 0 Å². The van der Waals surface area contributed by atoms with Gasteiger partial charge in [0.25, 0.3) is 5.91 Å². The molecule has 0 unspecified atom stereocenters. The Kier molecular flexibility index (Phi) is 6.17. The molecule has 0 aliphatic rings. The first-order valence-electron chi connectivity index (χ1n) is 8.12. The van der Waals surface area contributed by atoms with Crippen molar-refractivity contribution in [1.82, 2.24) is 0 Å². The summed E-state index contributed by atoms with van der Waals surface area (Å²) in [5.41, 5.74) is 2.04. The molecule has 1 aromatic heterocycles. The second kappa shape index (κ2) is 8.11. The zero-order chi connectivity index (χ0) is 16.8. The van der Waals surface area contributed by atoms with Gasteiger partial charge >= 0.3 is 0 Å². The Labute approximate surface area is 143 Å². The van der Waals surface area contributed by atoms with Crippen molar-refractivity contribution in [1.29, 1.82) is 0 Å². The summed E-state index contributed by atoms with van der Waals surface area (Å²) in [7, 11) is 0. The fourth-order valence-corrected chi connectivity index (χ4v) is 2.88. The molecular formula is C19H24ClN2O+. The van der Waals surface area contributed by atoms with E-state index in [-0.39, 0.29) is 11.9 Å². The van der Waals surface area contributed by atoms with Crippen molar-refractivity contribution in [2.24, 2.45) is 0 Å². The molecule has 0 bridgehead atoms. The number of nitrogens with one attached hydrogen (secondary N) is 1. The summed E-state index contributed by atoms with van der Waals surface area (Å²) in [6.45, 7) is 6.29. The molecule has 23 heavy (non-hydrogen) atoms. The van der Waals surface area contributed by atoms with Crippen LogP contribution in [0, 0.1) is 0 Å². The van der Waals surface area contributed by atoms with Gasteiger partial charge in [-0.05, 0) is 42.5 Å². The molecule has 4 heteroatoms. The summed E-state index contributed by atoms with van der Waals surface area (Å²) in [6.07, 6.45) is 6.22. The van der Waals surface area contributed by atoms with Crippen LogP contribution >= 0.6 is 11.6 Å². The third-order valence-corrected chi connectivity index (χ3v) is 4.49. The molecule has 0 fully saturated rings. The summed E-state index contributed by atoms with van der Waals surface area (Å²) < 4.78 is 1.92. The fraction of sp³-hybridized carbons (Fsp3) is 0.368. The highest BCUT2D eigenvalue weighted by Gasteiger charge is 2.22. The lowest BCUT2D eigenvalue weighted by Crippen LogP contribution is -2.44. The maximum atomic E-state index is 12.4. The molecule has 2 aromatic rings. The molecule has 1 amide bonds. The van der Waals surface area contributed by atoms with Gasteiger partial charge in [0.1, 0.15) is 0 Å². The van der Waals surface area contributed by atoms with E-state index in [0.29, 0.717) is 16.6 Å². The van der Waals surface area contributed by atoms with Crippen LogP contribution in [0.1, 0.15) is 51.1 Å². The average Bonchev–Trinajstić information content (AvgIpc) is 2.56. The molecule has 3 nitrogen and oxygen atoms in total. The highest BCUT2D eigenvalue weighted by molar-refractivity contribution is 6.30. The van der Waals surface area contributed by atoms with E-state index < -0.39 is 0 Å². The number of carbonyl (C=O) groups is 1. The summed E-state index contributed by atoms with van der Waals surface area (Å²) >= 11 is 5.94. The van der Waals surface area contributed by atoms with Crippen molar-refractivity contribution >= 4 is 23.2 Å².